The second-order valence-electron chi connectivity index (χ2n) is 5.71. The molecule has 0 aliphatic carbocycles. The summed E-state index contributed by atoms with van der Waals surface area (Å²) >= 11 is 5.89. The van der Waals surface area contributed by atoms with Gasteiger partial charge in [-0.05, 0) is 48.9 Å². The van der Waals surface area contributed by atoms with Crippen molar-refractivity contribution in [2.75, 3.05) is 18.2 Å². The molecule has 0 fully saturated rings. The summed E-state index contributed by atoms with van der Waals surface area (Å²) in [6.07, 6.45) is 0. The van der Waals surface area contributed by atoms with Crippen LogP contribution in [-0.2, 0) is 16.6 Å². The van der Waals surface area contributed by atoms with E-state index in [1.54, 1.807) is 50.4 Å². The third-order valence-corrected chi connectivity index (χ3v) is 5.68. The van der Waals surface area contributed by atoms with Gasteiger partial charge in [0.2, 0.25) is 5.95 Å². The highest BCUT2D eigenvalue weighted by Gasteiger charge is 2.20. The fraction of sp³-hybridized carbons (Fsp3) is 0.222. The molecule has 1 aromatic heterocycles. The van der Waals surface area contributed by atoms with Crippen molar-refractivity contribution in [3.05, 3.63) is 59.1 Å². The van der Waals surface area contributed by atoms with Gasteiger partial charge in [-0.25, -0.2) is 8.42 Å². The molecule has 1 N–H and O–H groups in total. The highest BCUT2D eigenvalue weighted by molar-refractivity contribution is 7.89. The largest absolute Gasteiger partial charge is 0.497 e. The molecule has 0 spiro atoms. The van der Waals surface area contributed by atoms with Crippen molar-refractivity contribution < 1.29 is 13.2 Å². The van der Waals surface area contributed by atoms with Gasteiger partial charge in [-0.3, -0.25) is 0 Å². The van der Waals surface area contributed by atoms with Crippen molar-refractivity contribution in [2.45, 2.75) is 13.5 Å². The lowest BCUT2D eigenvalue weighted by Crippen LogP contribution is -2.19. The number of nitrogens with one attached hydrogen (secondary N) is 1. The molecule has 0 saturated carbocycles. The number of hydrogen-bond donors (Lipinski definition) is 1. The van der Waals surface area contributed by atoms with E-state index in [9.17, 15) is 8.42 Å². The van der Waals surface area contributed by atoms with Gasteiger partial charge in [0.05, 0.1) is 12.9 Å². The van der Waals surface area contributed by atoms with Gasteiger partial charge in [0.1, 0.15) is 5.75 Å². The number of methoxy groups -OCH3 is 1. The summed E-state index contributed by atoms with van der Waals surface area (Å²) in [4.78, 5) is 4.38. The number of benzene rings is 2. The van der Waals surface area contributed by atoms with Crippen LogP contribution in [-0.4, -0.2) is 35.5 Å². The van der Waals surface area contributed by atoms with Gasteiger partial charge in [0.25, 0.3) is 10.0 Å². The molecule has 0 aliphatic rings. The first-order chi connectivity index (χ1) is 12.9. The van der Waals surface area contributed by atoms with E-state index in [1.807, 2.05) is 12.1 Å². The first-order valence-electron chi connectivity index (χ1n) is 8.26. The van der Waals surface area contributed by atoms with Crippen LogP contribution in [0, 0.1) is 0 Å². The van der Waals surface area contributed by atoms with Crippen LogP contribution < -0.4 is 10.1 Å². The van der Waals surface area contributed by atoms with E-state index in [2.05, 4.69) is 15.4 Å². The summed E-state index contributed by atoms with van der Waals surface area (Å²) in [5, 5.41) is 7.88. The topological polar surface area (TPSA) is 86.1 Å². The van der Waals surface area contributed by atoms with E-state index in [0.717, 1.165) is 9.65 Å². The van der Waals surface area contributed by atoms with Crippen molar-refractivity contribution in [1.82, 2.24) is 14.2 Å². The number of halogens is 1. The Labute approximate surface area is 163 Å². The number of hydrogen-bond acceptors (Lipinski definition) is 6. The average Bonchev–Trinajstić information content (AvgIpc) is 3.13. The minimum atomic E-state index is -3.61. The standard InChI is InChI=1S/C18H19ClN4O3S/c1-3-27(24,25)23-18(20-12-13-4-8-15(19)9-5-13)21-17(22-23)14-6-10-16(26-2)11-7-14/h4-11H,3,12H2,1-2H3,(H,20,21,22). The Bertz CT molecular complexity index is 1020. The van der Waals surface area contributed by atoms with Crippen molar-refractivity contribution in [2.24, 2.45) is 0 Å². The molecule has 0 unspecified atom stereocenters. The van der Waals surface area contributed by atoms with Gasteiger partial charge in [0.15, 0.2) is 5.82 Å². The number of rotatable bonds is 7. The van der Waals surface area contributed by atoms with Crippen LogP contribution >= 0.6 is 11.6 Å². The van der Waals surface area contributed by atoms with Gasteiger partial charge in [-0.2, -0.15) is 4.98 Å². The molecule has 2 aromatic carbocycles. The van der Waals surface area contributed by atoms with E-state index in [4.69, 9.17) is 16.3 Å². The predicted molar refractivity (Wildman–Crippen MR) is 106 cm³/mol. The first-order valence-corrected chi connectivity index (χ1v) is 10.2. The smallest absolute Gasteiger partial charge is 0.256 e. The minimum Gasteiger partial charge on any atom is -0.497 e. The van der Waals surface area contributed by atoms with Crippen LogP contribution in [0.1, 0.15) is 12.5 Å². The Kier molecular flexibility index (Phi) is 5.67. The fourth-order valence-electron chi connectivity index (χ4n) is 2.37. The van der Waals surface area contributed by atoms with Crippen LogP contribution in [0.15, 0.2) is 48.5 Å². The molecule has 3 rings (SSSR count). The zero-order chi connectivity index (χ0) is 19.4. The van der Waals surface area contributed by atoms with Crippen molar-refractivity contribution in [3.8, 4) is 17.1 Å². The summed E-state index contributed by atoms with van der Waals surface area (Å²) in [5.74, 6) is 1.08. The molecule has 0 aliphatic heterocycles. The Morgan fingerprint density at radius 1 is 1.11 bits per heavy atom. The molecular weight excluding hydrogens is 388 g/mol. The molecule has 0 bridgehead atoms. The molecule has 0 radical (unpaired) electrons. The zero-order valence-corrected chi connectivity index (χ0v) is 16.5. The average molecular weight is 407 g/mol. The monoisotopic (exact) mass is 406 g/mol. The summed E-state index contributed by atoms with van der Waals surface area (Å²) in [5.41, 5.74) is 1.63. The van der Waals surface area contributed by atoms with Gasteiger partial charge in [0, 0.05) is 17.1 Å². The van der Waals surface area contributed by atoms with Crippen LogP contribution in [0.25, 0.3) is 11.4 Å². The van der Waals surface area contributed by atoms with Crippen molar-refractivity contribution in [3.63, 3.8) is 0 Å². The summed E-state index contributed by atoms with van der Waals surface area (Å²) in [6.45, 7) is 1.95. The highest BCUT2D eigenvalue weighted by atomic mass is 35.5. The first kappa shape index (κ1) is 19.2. The van der Waals surface area contributed by atoms with Gasteiger partial charge >= 0.3 is 0 Å². The normalized spacial score (nSPS) is 11.4. The Morgan fingerprint density at radius 2 is 1.78 bits per heavy atom. The van der Waals surface area contributed by atoms with E-state index in [0.29, 0.717) is 28.7 Å². The van der Waals surface area contributed by atoms with E-state index in [-0.39, 0.29) is 11.7 Å². The summed E-state index contributed by atoms with van der Waals surface area (Å²) in [6, 6.07) is 14.4. The summed E-state index contributed by atoms with van der Waals surface area (Å²) < 4.78 is 30.9. The van der Waals surface area contributed by atoms with Crippen molar-refractivity contribution in [1.29, 1.82) is 0 Å². The maximum Gasteiger partial charge on any atom is 0.256 e. The second kappa shape index (κ2) is 7.98. The zero-order valence-electron chi connectivity index (χ0n) is 14.9. The third kappa shape index (κ3) is 4.40. The molecular formula is C18H19ClN4O3S. The van der Waals surface area contributed by atoms with Gasteiger partial charge in [-0.15, -0.1) is 9.19 Å². The molecule has 3 aromatic rings. The lowest BCUT2D eigenvalue weighted by atomic mass is 10.2. The SMILES string of the molecule is CCS(=O)(=O)n1nc(-c2ccc(OC)cc2)nc1NCc1ccc(Cl)cc1. The number of aromatic nitrogens is 3. The van der Waals surface area contributed by atoms with Crippen LogP contribution in [0.2, 0.25) is 5.02 Å². The minimum absolute atomic E-state index is 0.0892. The molecule has 7 nitrogen and oxygen atoms in total. The fourth-order valence-corrected chi connectivity index (χ4v) is 3.31. The van der Waals surface area contributed by atoms with E-state index < -0.39 is 10.0 Å². The number of ether oxygens (including phenoxy) is 1. The molecule has 27 heavy (non-hydrogen) atoms. The van der Waals surface area contributed by atoms with E-state index >= 15 is 0 Å². The second-order valence-corrected chi connectivity index (χ2v) is 8.23. The third-order valence-electron chi connectivity index (χ3n) is 3.92. The number of nitrogens with zero attached hydrogens (tertiary/aromatic N) is 3. The van der Waals surface area contributed by atoms with Crippen LogP contribution in [0.4, 0.5) is 5.95 Å². The van der Waals surface area contributed by atoms with Gasteiger partial charge < -0.3 is 10.1 Å². The Balaban J connectivity index is 1.92. The van der Waals surface area contributed by atoms with E-state index in [1.165, 1.54) is 0 Å². The van der Waals surface area contributed by atoms with Crippen molar-refractivity contribution >= 4 is 27.6 Å². The quantitative estimate of drug-likeness (QED) is 0.647. The molecule has 0 saturated heterocycles. The Hall–Kier alpha value is -2.58. The molecule has 142 valence electrons. The molecule has 1 heterocycles. The molecule has 0 amide bonds. The Morgan fingerprint density at radius 3 is 2.37 bits per heavy atom. The highest BCUT2D eigenvalue weighted by Crippen LogP contribution is 2.22. The lowest BCUT2D eigenvalue weighted by Gasteiger charge is -2.07. The molecule has 9 heteroatoms. The summed E-state index contributed by atoms with van der Waals surface area (Å²) in [7, 11) is -2.03. The van der Waals surface area contributed by atoms with Gasteiger partial charge in [-0.1, -0.05) is 23.7 Å². The maximum atomic E-state index is 12.4. The van der Waals surface area contributed by atoms with Crippen LogP contribution in [0.5, 0.6) is 5.75 Å². The van der Waals surface area contributed by atoms with Crippen LogP contribution in [0.3, 0.4) is 0 Å². The molecule has 0 atom stereocenters. The number of anilines is 1. The predicted octanol–water partition coefficient (Wildman–Crippen LogP) is 3.42. The maximum absolute atomic E-state index is 12.4. The lowest BCUT2D eigenvalue weighted by molar-refractivity contribution is 0.415.